The van der Waals surface area contributed by atoms with Gasteiger partial charge in [0.05, 0.1) is 12.4 Å². The maximum absolute atomic E-state index is 12.0. The summed E-state index contributed by atoms with van der Waals surface area (Å²) in [6.45, 7) is 0. The van der Waals surface area contributed by atoms with Gasteiger partial charge >= 0.3 is 5.97 Å². The number of carboxylic acid groups (broad SMARTS) is 1. The van der Waals surface area contributed by atoms with Gasteiger partial charge in [0, 0.05) is 6.42 Å². The van der Waals surface area contributed by atoms with Gasteiger partial charge in [-0.15, -0.1) is 0 Å². The summed E-state index contributed by atoms with van der Waals surface area (Å²) in [5.41, 5.74) is 0. The fourth-order valence-corrected chi connectivity index (χ4v) is 4.01. The Bertz CT molecular complexity index is 553. The lowest BCUT2D eigenvalue weighted by Gasteiger charge is -2.23. The summed E-state index contributed by atoms with van der Waals surface area (Å²) in [7, 11) is 0. The molecular formula is C20H30O6. The molecule has 26 heavy (non-hydrogen) atoms. The molecule has 1 aromatic heterocycles. The van der Waals surface area contributed by atoms with Crippen LogP contribution >= 0.6 is 0 Å². The number of rotatable bonds is 12. The van der Waals surface area contributed by atoms with E-state index in [0.717, 1.165) is 38.5 Å². The number of hydrogen-bond donors (Lipinski definition) is 3. The lowest BCUT2D eigenvalue weighted by molar-refractivity contribution is -0.137. The molecule has 0 amide bonds. The second kappa shape index (κ2) is 10.5. The number of unbranched alkanes of at least 4 members (excludes halogenated alkanes) is 3. The van der Waals surface area contributed by atoms with Gasteiger partial charge in [0.25, 0.3) is 0 Å². The van der Waals surface area contributed by atoms with Crippen LogP contribution in [0.4, 0.5) is 0 Å². The third-order valence-electron chi connectivity index (χ3n) is 5.49. The van der Waals surface area contributed by atoms with E-state index < -0.39 is 12.1 Å². The predicted molar refractivity (Wildman–Crippen MR) is 95.8 cm³/mol. The Hall–Kier alpha value is -1.66. The van der Waals surface area contributed by atoms with E-state index in [-0.39, 0.29) is 30.0 Å². The molecule has 1 heterocycles. The Labute approximate surface area is 154 Å². The Morgan fingerprint density at radius 3 is 2.62 bits per heavy atom. The largest absolute Gasteiger partial charge is 0.481 e. The summed E-state index contributed by atoms with van der Waals surface area (Å²) in [5, 5.41) is 29.0. The van der Waals surface area contributed by atoms with Gasteiger partial charge in [0.15, 0.2) is 5.76 Å². The number of aliphatic carboxylic acids is 1. The second-order valence-electron chi connectivity index (χ2n) is 7.35. The van der Waals surface area contributed by atoms with Gasteiger partial charge < -0.3 is 19.7 Å². The Kier molecular flexibility index (Phi) is 8.32. The molecule has 1 aromatic rings. The van der Waals surface area contributed by atoms with E-state index in [1.807, 2.05) is 0 Å². The molecule has 1 fully saturated rings. The van der Waals surface area contributed by atoms with Crippen LogP contribution < -0.4 is 0 Å². The molecule has 1 aliphatic rings. The molecular weight excluding hydrogens is 336 g/mol. The summed E-state index contributed by atoms with van der Waals surface area (Å²) in [6.07, 6.45) is 7.53. The minimum Gasteiger partial charge on any atom is -0.481 e. The fourth-order valence-electron chi connectivity index (χ4n) is 4.01. The highest BCUT2D eigenvalue weighted by atomic mass is 16.4. The number of carbonyl (C=O) groups excluding carboxylic acids is 1. The van der Waals surface area contributed by atoms with E-state index in [9.17, 15) is 19.8 Å². The van der Waals surface area contributed by atoms with E-state index in [2.05, 4.69) is 0 Å². The van der Waals surface area contributed by atoms with Crippen molar-refractivity contribution in [1.82, 2.24) is 0 Å². The van der Waals surface area contributed by atoms with E-state index >= 15 is 0 Å². The van der Waals surface area contributed by atoms with Gasteiger partial charge in [-0.25, -0.2) is 0 Å². The number of aliphatic hydroxyl groups excluding tert-OH is 2. The number of carbonyl (C=O) groups is 2. The molecule has 1 saturated carbocycles. The average molecular weight is 366 g/mol. The number of hydrogen-bond acceptors (Lipinski definition) is 5. The normalized spacial score (nSPS) is 23.8. The van der Waals surface area contributed by atoms with Crippen LogP contribution in [-0.4, -0.2) is 39.3 Å². The maximum atomic E-state index is 12.0. The molecule has 3 N–H and O–H groups in total. The SMILES string of the molecule is O=C(O)CCCCCC[C@@H]1[C@@H](CCC(O)C(=O)c2ccco2)CC[C@@H]1O. The molecule has 2 rings (SSSR count). The first-order valence-corrected chi connectivity index (χ1v) is 9.64. The van der Waals surface area contributed by atoms with E-state index in [0.29, 0.717) is 25.2 Å². The highest BCUT2D eigenvalue weighted by molar-refractivity contribution is 5.96. The zero-order valence-electron chi connectivity index (χ0n) is 15.2. The van der Waals surface area contributed by atoms with Crippen molar-refractivity contribution in [3.05, 3.63) is 24.2 Å². The maximum Gasteiger partial charge on any atom is 0.303 e. The first-order chi connectivity index (χ1) is 12.5. The first-order valence-electron chi connectivity index (χ1n) is 9.64. The summed E-state index contributed by atoms with van der Waals surface area (Å²) in [4.78, 5) is 22.5. The minimum absolute atomic E-state index is 0.182. The summed E-state index contributed by atoms with van der Waals surface area (Å²) < 4.78 is 5.04. The van der Waals surface area contributed by atoms with Crippen molar-refractivity contribution in [3.63, 3.8) is 0 Å². The smallest absolute Gasteiger partial charge is 0.303 e. The Morgan fingerprint density at radius 1 is 1.15 bits per heavy atom. The van der Waals surface area contributed by atoms with Crippen molar-refractivity contribution in [2.75, 3.05) is 0 Å². The number of aliphatic hydroxyl groups is 2. The topological polar surface area (TPSA) is 108 Å². The lowest BCUT2D eigenvalue weighted by Crippen LogP contribution is -2.24. The summed E-state index contributed by atoms with van der Waals surface area (Å²) >= 11 is 0. The van der Waals surface area contributed by atoms with Crippen LogP contribution in [0.2, 0.25) is 0 Å². The number of furan rings is 1. The number of carboxylic acids is 1. The quantitative estimate of drug-likeness (QED) is 0.386. The van der Waals surface area contributed by atoms with Crippen LogP contribution in [0.3, 0.4) is 0 Å². The fraction of sp³-hybridized carbons (Fsp3) is 0.700. The van der Waals surface area contributed by atoms with Gasteiger partial charge in [-0.3, -0.25) is 9.59 Å². The highest BCUT2D eigenvalue weighted by Gasteiger charge is 2.34. The van der Waals surface area contributed by atoms with Crippen molar-refractivity contribution < 1.29 is 29.3 Å². The van der Waals surface area contributed by atoms with Crippen molar-refractivity contribution in [1.29, 1.82) is 0 Å². The molecule has 0 spiro atoms. The summed E-state index contributed by atoms with van der Waals surface area (Å²) in [5.74, 6) is -0.423. The summed E-state index contributed by atoms with van der Waals surface area (Å²) in [6, 6.07) is 3.18. The van der Waals surface area contributed by atoms with Crippen molar-refractivity contribution in [2.24, 2.45) is 11.8 Å². The Morgan fingerprint density at radius 2 is 1.92 bits per heavy atom. The zero-order chi connectivity index (χ0) is 18.9. The van der Waals surface area contributed by atoms with Crippen LogP contribution in [0.25, 0.3) is 0 Å². The molecule has 0 aliphatic heterocycles. The average Bonchev–Trinajstić information content (AvgIpc) is 3.25. The van der Waals surface area contributed by atoms with Crippen LogP contribution in [0.1, 0.15) is 74.8 Å². The highest BCUT2D eigenvalue weighted by Crippen LogP contribution is 2.39. The third-order valence-corrected chi connectivity index (χ3v) is 5.49. The number of Topliss-reactive ketones (excluding diaryl/α,β-unsaturated/α-hetero) is 1. The van der Waals surface area contributed by atoms with Gasteiger partial charge in [-0.2, -0.15) is 0 Å². The molecule has 0 saturated heterocycles. The second-order valence-corrected chi connectivity index (χ2v) is 7.35. The molecule has 0 radical (unpaired) electrons. The molecule has 146 valence electrons. The van der Waals surface area contributed by atoms with Crippen molar-refractivity contribution in [3.8, 4) is 0 Å². The molecule has 0 aromatic carbocycles. The van der Waals surface area contributed by atoms with Gasteiger partial charge in [0.1, 0.15) is 6.10 Å². The van der Waals surface area contributed by atoms with Gasteiger partial charge in [-0.1, -0.05) is 19.3 Å². The molecule has 1 unspecified atom stereocenters. The molecule has 1 aliphatic carbocycles. The van der Waals surface area contributed by atoms with Crippen LogP contribution in [0.5, 0.6) is 0 Å². The molecule has 6 heteroatoms. The number of ketones is 1. The van der Waals surface area contributed by atoms with Crippen molar-refractivity contribution >= 4 is 11.8 Å². The third kappa shape index (κ3) is 6.25. The first kappa shape index (κ1) is 20.6. The molecule has 0 bridgehead atoms. The van der Waals surface area contributed by atoms with Gasteiger partial charge in [0.2, 0.25) is 5.78 Å². The van der Waals surface area contributed by atoms with E-state index in [1.54, 1.807) is 12.1 Å². The van der Waals surface area contributed by atoms with Crippen LogP contribution in [-0.2, 0) is 4.79 Å². The standard InChI is InChI=1S/C20H30O6/c21-16-11-9-14(15(16)6-3-1-2-4-8-19(23)24)10-12-17(22)20(25)18-7-5-13-26-18/h5,7,13-17,21-22H,1-4,6,8-12H2,(H,23,24)/t14-,15-,16+,17?/m1/s1. The predicted octanol–water partition coefficient (Wildman–Crippen LogP) is 3.42. The monoisotopic (exact) mass is 366 g/mol. The van der Waals surface area contributed by atoms with E-state index in [1.165, 1.54) is 6.26 Å². The zero-order valence-corrected chi connectivity index (χ0v) is 15.2. The molecule has 4 atom stereocenters. The van der Waals surface area contributed by atoms with Gasteiger partial charge in [-0.05, 0) is 62.5 Å². The molecule has 6 nitrogen and oxygen atoms in total. The van der Waals surface area contributed by atoms with Crippen LogP contribution in [0.15, 0.2) is 22.8 Å². The van der Waals surface area contributed by atoms with Crippen molar-refractivity contribution in [2.45, 2.75) is 76.4 Å². The Balaban J connectivity index is 1.70. The lowest BCUT2D eigenvalue weighted by atomic mass is 9.85. The minimum atomic E-state index is -1.06. The van der Waals surface area contributed by atoms with Crippen LogP contribution in [0, 0.1) is 11.8 Å². The van der Waals surface area contributed by atoms with E-state index in [4.69, 9.17) is 9.52 Å².